The van der Waals surface area contributed by atoms with Gasteiger partial charge in [-0.3, -0.25) is 0 Å². The molecule has 0 bridgehead atoms. The summed E-state index contributed by atoms with van der Waals surface area (Å²) in [4.78, 5) is 10.8. The van der Waals surface area contributed by atoms with Crippen LogP contribution in [0.25, 0.3) is 0 Å². The van der Waals surface area contributed by atoms with E-state index in [1.165, 1.54) is 18.2 Å². The number of aliphatic carboxylic acids is 1. The number of hydrogen-bond donors (Lipinski definition) is 5. The molecule has 0 amide bonds. The van der Waals surface area contributed by atoms with Gasteiger partial charge in [-0.05, 0) is 18.2 Å². The number of carbonyl (C=O) groups is 1. The SMILES string of the molecule is O=C(O)C1=C(O)C(O)=C(O)C(Oc2cc[c]cc2O)O1. The van der Waals surface area contributed by atoms with Crippen LogP contribution in [0.2, 0.25) is 0 Å². The van der Waals surface area contributed by atoms with Gasteiger partial charge in [0.2, 0.25) is 17.3 Å². The molecular formula is C12H9O8. The Bertz CT molecular complexity index is 616. The van der Waals surface area contributed by atoms with Gasteiger partial charge in [-0.15, -0.1) is 0 Å². The van der Waals surface area contributed by atoms with Crippen molar-refractivity contribution in [3.05, 3.63) is 47.3 Å². The normalized spacial score (nSPS) is 18.7. The van der Waals surface area contributed by atoms with Crippen molar-refractivity contribution in [2.24, 2.45) is 0 Å². The Morgan fingerprint density at radius 1 is 1.25 bits per heavy atom. The molecule has 20 heavy (non-hydrogen) atoms. The lowest BCUT2D eigenvalue weighted by Gasteiger charge is -2.24. The van der Waals surface area contributed by atoms with Gasteiger partial charge in [0.25, 0.3) is 5.76 Å². The van der Waals surface area contributed by atoms with Crippen molar-refractivity contribution in [1.82, 2.24) is 0 Å². The summed E-state index contributed by atoms with van der Waals surface area (Å²) in [6.45, 7) is 0. The van der Waals surface area contributed by atoms with Crippen LogP contribution >= 0.6 is 0 Å². The third-order valence-electron chi connectivity index (χ3n) is 2.36. The standard InChI is InChI=1S/C12H9O8/c13-5-3-1-2-4-6(5)19-12-9(16)7(14)8(15)10(20-12)11(17)18/h2-4,12-16H,(H,17,18). The largest absolute Gasteiger partial charge is 0.504 e. The molecule has 105 valence electrons. The highest BCUT2D eigenvalue weighted by atomic mass is 16.7. The molecule has 0 aromatic heterocycles. The Labute approximate surface area is 112 Å². The zero-order chi connectivity index (χ0) is 14.9. The second-order valence-corrected chi connectivity index (χ2v) is 3.68. The van der Waals surface area contributed by atoms with Crippen LogP contribution in [0.5, 0.6) is 11.5 Å². The Balaban J connectivity index is 2.32. The smallest absolute Gasteiger partial charge is 0.375 e. The summed E-state index contributed by atoms with van der Waals surface area (Å²) in [5.41, 5.74) is 0. The molecule has 1 heterocycles. The lowest BCUT2D eigenvalue weighted by atomic mass is 10.2. The number of carboxylic acids is 1. The minimum atomic E-state index is -1.73. The molecule has 1 atom stereocenters. The number of rotatable bonds is 3. The van der Waals surface area contributed by atoms with Crippen LogP contribution < -0.4 is 4.74 Å². The highest BCUT2D eigenvalue weighted by Crippen LogP contribution is 2.31. The molecule has 0 spiro atoms. The summed E-state index contributed by atoms with van der Waals surface area (Å²) >= 11 is 0. The topological polar surface area (TPSA) is 137 Å². The van der Waals surface area contributed by atoms with Gasteiger partial charge in [-0.1, -0.05) is 6.07 Å². The molecule has 0 saturated carbocycles. The number of aliphatic hydroxyl groups is 3. The number of phenolic OH excluding ortho intramolecular Hbond substituents is 1. The van der Waals surface area contributed by atoms with Gasteiger partial charge < -0.3 is 35.0 Å². The van der Waals surface area contributed by atoms with E-state index in [4.69, 9.17) is 14.6 Å². The van der Waals surface area contributed by atoms with Crippen LogP contribution in [0.3, 0.4) is 0 Å². The average molecular weight is 281 g/mol. The summed E-state index contributed by atoms with van der Waals surface area (Å²) in [5.74, 6) is -6.27. The zero-order valence-electron chi connectivity index (χ0n) is 9.77. The van der Waals surface area contributed by atoms with Gasteiger partial charge in [0.1, 0.15) is 0 Å². The fraction of sp³-hybridized carbons (Fsp3) is 0.0833. The van der Waals surface area contributed by atoms with Crippen LogP contribution in [-0.2, 0) is 9.53 Å². The molecule has 5 N–H and O–H groups in total. The maximum Gasteiger partial charge on any atom is 0.375 e. The van der Waals surface area contributed by atoms with E-state index in [0.717, 1.165) is 0 Å². The maximum absolute atomic E-state index is 10.8. The van der Waals surface area contributed by atoms with Crippen molar-refractivity contribution in [2.45, 2.75) is 6.29 Å². The minimum absolute atomic E-state index is 0.140. The average Bonchev–Trinajstić information content (AvgIpc) is 2.41. The molecule has 1 unspecified atom stereocenters. The molecule has 0 fully saturated rings. The number of hydrogen-bond acceptors (Lipinski definition) is 7. The number of ether oxygens (including phenoxy) is 2. The Morgan fingerprint density at radius 3 is 2.55 bits per heavy atom. The van der Waals surface area contributed by atoms with Crippen LogP contribution in [0.4, 0.5) is 0 Å². The van der Waals surface area contributed by atoms with Crippen molar-refractivity contribution in [3.63, 3.8) is 0 Å². The number of phenols is 1. The predicted octanol–water partition coefficient (Wildman–Crippen LogP) is 1.11. The first-order chi connectivity index (χ1) is 9.41. The fourth-order valence-corrected chi connectivity index (χ4v) is 1.41. The summed E-state index contributed by atoms with van der Waals surface area (Å²) in [6, 6.07) is 6.40. The monoisotopic (exact) mass is 281 g/mol. The first-order valence-electron chi connectivity index (χ1n) is 5.23. The number of aliphatic hydroxyl groups excluding tert-OH is 3. The van der Waals surface area contributed by atoms with Gasteiger partial charge in [0, 0.05) is 0 Å². The molecule has 1 aromatic carbocycles. The quantitative estimate of drug-likeness (QED) is 0.555. The van der Waals surface area contributed by atoms with Crippen molar-refractivity contribution in [2.75, 3.05) is 0 Å². The summed E-state index contributed by atoms with van der Waals surface area (Å²) in [5, 5.41) is 46.5. The van der Waals surface area contributed by atoms with Gasteiger partial charge >= 0.3 is 12.3 Å². The number of aromatic hydroxyl groups is 1. The summed E-state index contributed by atoms with van der Waals surface area (Å²) in [6.07, 6.45) is -1.73. The van der Waals surface area contributed by atoms with Crippen LogP contribution in [0, 0.1) is 6.07 Å². The van der Waals surface area contributed by atoms with Crippen molar-refractivity contribution in [1.29, 1.82) is 0 Å². The summed E-state index contributed by atoms with van der Waals surface area (Å²) < 4.78 is 9.75. The van der Waals surface area contributed by atoms with Crippen molar-refractivity contribution >= 4 is 5.97 Å². The van der Waals surface area contributed by atoms with Crippen molar-refractivity contribution in [3.8, 4) is 11.5 Å². The van der Waals surface area contributed by atoms with E-state index >= 15 is 0 Å². The molecule has 1 radical (unpaired) electrons. The number of benzene rings is 1. The first-order valence-corrected chi connectivity index (χ1v) is 5.23. The molecule has 8 heteroatoms. The van der Waals surface area contributed by atoms with E-state index in [1.807, 2.05) is 0 Å². The van der Waals surface area contributed by atoms with E-state index in [-0.39, 0.29) is 11.5 Å². The minimum Gasteiger partial charge on any atom is -0.504 e. The predicted molar refractivity (Wildman–Crippen MR) is 62.0 cm³/mol. The maximum atomic E-state index is 10.8. The van der Waals surface area contributed by atoms with Gasteiger partial charge in [0.15, 0.2) is 11.5 Å². The zero-order valence-corrected chi connectivity index (χ0v) is 9.77. The lowest BCUT2D eigenvalue weighted by Crippen LogP contribution is -2.31. The number of carboxylic acid groups (broad SMARTS) is 1. The Hall–Kier alpha value is -3.03. The molecular weight excluding hydrogens is 272 g/mol. The molecule has 1 aliphatic heterocycles. The Morgan fingerprint density at radius 2 is 1.95 bits per heavy atom. The van der Waals surface area contributed by atoms with E-state index in [0.29, 0.717) is 0 Å². The van der Waals surface area contributed by atoms with E-state index in [9.17, 15) is 25.2 Å². The first kappa shape index (κ1) is 13.4. The molecule has 0 saturated heterocycles. The van der Waals surface area contributed by atoms with E-state index < -0.39 is 35.3 Å². The Kier molecular flexibility index (Phi) is 3.30. The third-order valence-corrected chi connectivity index (χ3v) is 2.36. The van der Waals surface area contributed by atoms with Gasteiger partial charge in [-0.2, -0.15) is 0 Å². The molecule has 0 aliphatic carbocycles. The third kappa shape index (κ3) is 2.26. The van der Waals surface area contributed by atoms with Crippen LogP contribution in [-0.4, -0.2) is 37.8 Å². The van der Waals surface area contributed by atoms with Crippen LogP contribution in [0.1, 0.15) is 0 Å². The molecule has 8 nitrogen and oxygen atoms in total. The van der Waals surface area contributed by atoms with Gasteiger partial charge in [0.05, 0.1) is 0 Å². The van der Waals surface area contributed by atoms with Crippen molar-refractivity contribution < 1.29 is 39.8 Å². The highest BCUT2D eigenvalue weighted by Gasteiger charge is 2.36. The lowest BCUT2D eigenvalue weighted by molar-refractivity contribution is -0.143. The second-order valence-electron chi connectivity index (χ2n) is 3.68. The fourth-order valence-electron chi connectivity index (χ4n) is 1.41. The highest BCUT2D eigenvalue weighted by molar-refractivity contribution is 5.86. The van der Waals surface area contributed by atoms with E-state index in [2.05, 4.69) is 6.07 Å². The van der Waals surface area contributed by atoms with Crippen LogP contribution in [0.15, 0.2) is 41.2 Å². The van der Waals surface area contributed by atoms with E-state index in [1.54, 1.807) is 0 Å². The summed E-state index contributed by atoms with van der Waals surface area (Å²) in [7, 11) is 0. The van der Waals surface area contributed by atoms with Gasteiger partial charge in [-0.25, -0.2) is 4.79 Å². The molecule has 1 aliphatic rings. The molecule has 1 aromatic rings. The second kappa shape index (κ2) is 4.92. The molecule has 2 rings (SSSR count).